The number of carbonyl (C=O) groups is 1. The minimum atomic E-state index is -2.89. The SMILES string of the molecule is Cn1c(C[C@H]2CCS(=O)(=O)C2)nnc1SCC(=O)NCc1ccccc1. The van der Waals surface area contributed by atoms with Crippen molar-refractivity contribution in [2.45, 2.75) is 24.5 Å². The molecule has 1 saturated heterocycles. The van der Waals surface area contributed by atoms with Gasteiger partial charge in [0, 0.05) is 20.0 Å². The summed E-state index contributed by atoms with van der Waals surface area (Å²) in [5.41, 5.74) is 1.05. The van der Waals surface area contributed by atoms with Crippen LogP contribution in [0.5, 0.6) is 0 Å². The van der Waals surface area contributed by atoms with Gasteiger partial charge in [0.05, 0.1) is 17.3 Å². The van der Waals surface area contributed by atoms with Gasteiger partial charge in [-0.05, 0) is 17.9 Å². The molecule has 1 atom stereocenters. The zero-order chi connectivity index (χ0) is 18.6. The summed E-state index contributed by atoms with van der Waals surface area (Å²) in [6, 6.07) is 9.74. The van der Waals surface area contributed by atoms with Crippen LogP contribution in [0.4, 0.5) is 0 Å². The molecule has 2 heterocycles. The lowest BCUT2D eigenvalue weighted by Crippen LogP contribution is -2.24. The number of aromatic nitrogens is 3. The van der Waals surface area contributed by atoms with Crippen LogP contribution in [0.25, 0.3) is 0 Å². The number of sulfone groups is 1. The zero-order valence-electron chi connectivity index (χ0n) is 14.6. The van der Waals surface area contributed by atoms with Crippen LogP contribution < -0.4 is 5.32 Å². The molecule has 0 radical (unpaired) electrons. The molecule has 140 valence electrons. The number of carbonyl (C=O) groups excluding carboxylic acids is 1. The Morgan fingerprint density at radius 1 is 1.31 bits per heavy atom. The predicted octanol–water partition coefficient (Wildman–Crippen LogP) is 1.20. The molecular formula is C17H22N4O3S2. The van der Waals surface area contributed by atoms with Crippen LogP contribution in [0.1, 0.15) is 17.8 Å². The van der Waals surface area contributed by atoms with E-state index in [-0.39, 0.29) is 29.1 Å². The molecule has 2 aromatic rings. The van der Waals surface area contributed by atoms with Gasteiger partial charge in [-0.3, -0.25) is 4.79 Å². The molecule has 9 heteroatoms. The maximum absolute atomic E-state index is 12.0. The normalized spacial score (nSPS) is 18.7. The molecule has 1 aliphatic heterocycles. The van der Waals surface area contributed by atoms with Gasteiger partial charge in [0.25, 0.3) is 0 Å². The first kappa shape index (κ1) is 18.9. The number of amides is 1. The Morgan fingerprint density at radius 2 is 2.08 bits per heavy atom. The number of hydrogen-bond donors (Lipinski definition) is 1. The Labute approximate surface area is 157 Å². The van der Waals surface area contributed by atoms with E-state index in [0.29, 0.717) is 24.5 Å². The van der Waals surface area contributed by atoms with Crippen molar-refractivity contribution in [1.29, 1.82) is 0 Å². The minimum absolute atomic E-state index is 0.0645. The molecule has 1 aromatic heterocycles. The Kier molecular flexibility index (Phi) is 5.98. The maximum atomic E-state index is 12.0. The lowest BCUT2D eigenvalue weighted by molar-refractivity contribution is -0.118. The monoisotopic (exact) mass is 394 g/mol. The van der Waals surface area contributed by atoms with Crippen molar-refractivity contribution in [3.63, 3.8) is 0 Å². The molecule has 0 unspecified atom stereocenters. The van der Waals surface area contributed by atoms with Crippen molar-refractivity contribution in [3.05, 3.63) is 41.7 Å². The zero-order valence-corrected chi connectivity index (χ0v) is 16.2. The van der Waals surface area contributed by atoms with Gasteiger partial charge >= 0.3 is 0 Å². The Balaban J connectivity index is 1.48. The van der Waals surface area contributed by atoms with E-state index in [2.05, 4.69) is 15.5 Å². The highest BCUT2D eigenvalue weighted by atomic mass is 32.2. The van der Waals surface area contributed by atoms with Gasteiger partial charge < -0.3 is 9.88 Å². The van der Waals surface area contributed by atoms with E-state index >= 15 is 0 Å². The molecule has 0 bridgehead atoms. The van der Waals surface area contributed by atoms with E-state index in [0.717, 1.165) is 11.4 Å². The van der Waals surface area contributed by atoms with Crippen molar-refractivity contribution in [2.75, 3.05) is 17.3 Å². The fraction of sp³-hybridized carbons (Fsp3) is 0.471. The minimum Gasteiger partial charge on any atom is -0.351 e. The van der Waals surface area contributed by atoms with Crippen molar-refractivity contribution >= 4 is 27.5 Å². The highest BCUT2D eigenvalue weighted by molar-refractivity contribution is 7.99. The van der Waals surface area contributed by atoms with Crippen LogP contribution in [0.15, 0.2) is 35.5 Å². The van der Waals surface area contributed by atoms with E-state index < -0.39 is 9.84 Å². The largest absolute Gasteiger partial charge is 0.351 e. The average Bonchev–Trinajstić information content (AvgIpc) is 3.14. The van der Waals surface area contributed by atoms with Crippen LogP contribution in [0, 0.1) is 5.92 Å². The van der Waals surface area contributed by atoms with E-state index in [1.165, 1.54) is 11.8 Å². The van der Waals surface area contributed by atoms with Gasteiger partial charge in [0.1, 0.15) is 5.82 Å². The maximum Gasteiger partial charge on any atom is 0.230 e. The van der Waals surface area contributed by atoms with Gasteiger partial charge in [-0.15, -0.1) is 10.2 Å². The second kappa shape index (κ2) is 8.22. The van der Waals surface area contributed by atoms with Crippen LogP contribution in [0.2, 0.25) is 0 Å². The highest BCUT2D eigenvalue weighted by Gasteiger charge is 2.29. The quantitative estimate of drug-likeness (QED) is 0.709. The molecule has 0 spiro atoms. The van der Waals surface area contributed by atoms with E-state index in [9.17, 15) is 13.2 Å². The molecule has 7 nitrogen and oxygen atoms in total. The summed E-state index contributed by atoms with van der Waals surface area (Å²) in [5, 5.41) is 11.8. The summed E-state index contributed by atoms with van der Waals surface area (Å²) in [6.07, 6.45) is 1.28. The number of rotatable bonds is 7. The van der Waals surface area contributed by atoms with Crippen LogP contribution in [-0.2, 0) is 34.6 Å². The molecule has 1 aromatic carbocycles. The Bertz CT molecular complexity index is 865. The fourth-order valence-electron chi connectivity index (χ4n) is 2.92. The molecule has 1 aliphatic rings. The summed E-state index contributed by atoms with van der Waals surface area (Å²) in [7, 11) is -1.04. The van der Waals surface area contributed by atoms with E-state index in [1.807, 2.05) is 41.9 Å². The fourth-order valence-corrected chi connectivity index (χ4v) is 5.54. The predicted molar refractivity (Wildman–Crippen MR) is 100 cm³/mol. The van der Waals surface area contributed by atoms with Gasteiger partial charge in [-0.1, -0.05) is 42.1 Å². The number of hydrogen-bond acceptors (Lipinski definition) is 6. The van der Waals surface area contributed by atoms with E-state index in [4.69, 9.17) is 0 Å². The standard InChI is InChI=1S/C17H22N4O3S2/c1-21-15(9-14-7-8-26(23,24)12-14)19-20-17(21)25-11-16(22)18-10-13-5-3-2-4-6-13/h2-6,14H,7-12H2,1H3,(H,18,22)/t14-/m1/s1. The van der Waals surface area contributed by atoms with Crippen LogP contribution in [0.3, 0.4) is 0 Å². The summed E-state index contributed by atoms with van der Waals surface area (Å²) >= 11 is 1.33. The number of nitrogens with one attached hydrogen (secondary N) is 1. The summed E-state index contributed by atoms with van der Waals surface area (Å²) in [4.78, 5) is 12.0. The van der Waals surface area contributed by atoms with Crippen molar-refractivity contribution in [3.8, 4) is 0 Å². The first-order valence-electron chi connectivity index (χ1n) is 8.45. The number of thioether (sulfide) groups is 1. The molecule has 3 rings (SSSR count). The third-order valence-electron chi connectivity index (χ3n) is 4.39. The molecule has 26 heavy (non-hydrogen) atoms. The first-order valence-corrected chi connectivity index (χ1v) is 11.3. The third-order valence-corrected chi connectivity index (χ3v) is 7.25. The molecule has 0 saturated carbocycles. The van der Waals surface area contributed by atoms with Crippen molar-refractivity contribution < 1.29 is 13.2 Å². The summed E-state index contributed by atoms with van der Waals surface area (Å²) < 4.78 is 25.0. The highest BCUT2D eigenvalue weighted by Crippen LogP contribution is 2.23. The smallest absolute Gasteiger partial charge is 0.230 e. The summed E-state index contributed by atoms with van der Waals surface area (Å²) in [6.45, 7) is 0.500. The molecular weight excluding hydrogens is 372 g/mol. The Hall–Kier alpha value is -1.87. The second-order valence-corrected chi connectivity index (χ2v) is 9.65. The average molecular weight is 395 g/mol. The van der Waals surface area contributed by atoms with Crippen molar-refractivity contribution in [2.24, 2.45) is 13.0 Å². The molecule has 1 amide bonds. The first-order chi connectivity index (χ1) is 12.4. The van der Waals surface area contributed by atoms with E-state index in [1.54, 1.807) is 0 Å². The van der Waals surface area contributed by atoms with Crippen LogP contribution >= 0.6 is 11.8 Å². The van der Waals surface area contributed by atoms with Gasteiger partial charge in [0.2, 0.25) is 5.91 Å². The van der Waals surface area contributed by atoms with Crippen LogP contribution in [-0.4, -0.2) is 46.3 Å². The Morgan fingerprint density at radius 3 is 2.77 bits per heavy atom. The lowest BCUT2D eigenvalue weighted by Gasteiger charge is -2.08. The number of nitrogens with zero attached hydrogens (tertiary/aromatic N) is 3. The van der Waals surface area contributed by atoms with Gasteiger partial charge in [-0.25, -0.2) is 8.42 Å². The van der Waals surface area contributed by atoms with Gasteiger partial charge in [0.15, 0.2) is 15.0 Å². The molecule has 1 fully saturated rings. The lowest BCUT2D eigenvalue weighted by atomic mass is 10.1. The molecule has 0 aliphatic carbocycles. The third kappa shape index (κ3) is 5.07. The second-order valence-electron chi connectivity index (χ2n) is 6.48. The topological polar surface area (TPSA) is 93.9 Å². The van der Waals surface area contributed by atoms with Crippen molar-refractivity contribution in [1.82, 2.24) is 20.1 Å². The number of benzene rings is 1. The molecule has 1 N–H and O–H groups in total. The van der Waals surface area contributed by atoms with Gasteiger partial charge in [-0.2, -0.15) is 0 Å². The summed E-state index contributed by atoms with van der Waals surface area (Å²) in [5.74, 6) is 1.55.